The van der Waals surface area contributed by atoms with Crippen molar-refractivity contribution in [3.63, 3.8) is 0 Å². The molecule has 0 bridgehead atoms. The first-order chi connectivity index (χ1) is 11.7. The number of unbranched alkanes of at least 4 members (excludes halogenated alkanes) is 2. The fourth-order valence-electron chi connectivity index (χ4n) is 2.31. The topological polar surface area (TPSA) is 41.5 Å². The highest BCUT2D eigenvalue weighted by Crippen LogP contribution is 2.23. The van der Waals surface area contributed by atoms with Gasteiger partial charge >= 0.3 is 0 Å². The minimum absolute atomic E-state index is 0.276. The van der Waals surface area contributed by atoms with E-state index in [1.807, 2.05) is 30.3 Å². The number of halogens is 2. The van der Waals surface area contributed by atoms with E-state index in [9.17, 15) is 0 Å². The predicted octanol–water partition coefficient (Wildman–Crippen LogP) is 4.82. The van der Waals surface area contributed by atoms with E-state index in [0.29, 0.717) is 16.7 Å². The summed E-state index contributed by atoms with van der Waals surface area (Å²) in [7, 11) is 0. The van der Waals surface area contributed by atoms with Crippen molar-refractivity contribution < 1.29 is 9.84 Å². The Balaban J connectivity index is 1.78. The molecule has 2 aromatic carbocycles. The van der Waals surface area contributed by atoms with Crippen LogP contribution in [0, 0.1) is 0 Å². The number of hydrogen-bond acceptors (Lipinski definition) is 3. The second-order valence-electron chi connectivity index (χ2n) is 5.65. The van der Waals surface area contributed by atoms with Crippen LogP contribution in [-0.4, -0.2) is 18.3 Å². The number of rotatable bonds is 10. The van der Waals surface area contributed by atoms with Gasteiger partial charge < -0.3 is 15.2 Å². The van der Waals surface area contributed by atoms with Gasteiger partial charge in [0.2, 0.25) is 0 Å². The third kappa shape index (κ3) is 6.70. The third-order valence-electron chi connectivity index (χ3n) is 3.63. The van der Waals surface area contributed by atoms with Crippen molar-refractivity contribution in [2.24, 2.45) is 0 Å². The average molecular weight is 368 g/mol. The minimum atomic E-state index is 0.276. The number of aliphatic hydroxyl groups excluding tert-OH is 1. The molecule has 0 fully saturated rings. The molecule has 0 radical (unpaired) electrons. The van der Waals surface area contributed by atoms with E-state index in [1.54, 1.807) is 6.07 Å². The summed E-state index contributed by atoms with van der Waals surface area (Å²) >= 11 is 11.9. The van der Waals surface area contributed by atoms with Gasteiger partial charge in [0.25, 0.3) is 0 Å². The Kier molecular flexibility index (Phi) is 8.40. The largest absolute Gasteiger partial charge is 0.489 e. The molecule has 0 saturated heterocycles. The highest BCUT2D eigenvalue weighted by Gasteiger charge is 2.02. The van der Waals surface area contributed by atoms with Crippen LogP contribution in [0.15, 0.2) is 42.5 Å². The van der Waals surface area contributed by atoms with Gasteiger partial charge in [-0.3, -0.25) is 0 Å². The Labute approximate surface area is 153 Å². The van der Waals surface area contributed by atoms with Crippen LogP contribution in [0.1, 0.15) is 30.4 Å². The van der Waals surface area contributed by atoms with E-state index in [0.717, 1.165) is 43.7 Å². The van der Waals surface area contributed by atoms with Crippen molar-refractivity contribution in [1.82, 2.24) is 5.32 Å². The van der Waals surface area contributed by atoms with Gasteiger partial charge in [-0.15, -0.1) is 0 Å². The van der Waals surface area contributed by atoms with Crippen LogP contribution in [0.3, 0.4) is 0 Å². The standard InChI is InChI=1S/C19H23Cl2NO2/c20-18-8-7-16(12-19(18)21)14-24-17-6-4-5-15(11-17)13-22-9-2-1-3-10-23/h4-8,11-12,22-23H,1-3,9-10,13-14H2. The summed E-state index contributed by atoms with van der Waals surface area (Å²) in [6, 6.07) is 13.6. The maximum absolute atomic E-state index is 8.74. The molecule has 0 saturated carbocycles. The summed E-state index contributed by atoms with van der Waals surface area (Å²) in [6.45, 7) is 2.49. The van der Waals surface area contributed by atoms with E-state index in [1.165, 1.54) is 5.56 Å². The molecule has 0 atom stereocenters. The molecule has 0 unspecified atom stereocenters. The SMILES string of the molecule is OCCCCCNCc1cccc(OCc2ccc(Cl)c(Cl)c2)c1. The second-order valence-corrected chi connectivity index (χ2v) is 6.46. The molecule has 0 spiro atoms. The number of ether oxygens (including phenoxy) is 1. The van der Waals surface area contributed by atoms with Crippen LogP contribution in [0.5, 0.6) is 5.75 Å². The van der Waals surface area contributed by atoms with Gasteiger partial charge in [0.1, 0.15) is 12.4 Å². The maximum Gasteiger partial charge on any atom is 0.120 e. The van der Waals surface area contributed by atoms with E-state index in [4.69, 9.17) is 33.0 Å². The van der Waals surface area contributed by atoms with Crippen molar-refractivity contribution in [1.29, 1.82) is 0 Å². The fourth-order valence-corrected chi connectivity index (χ4v) is 2.63. The zero-order chi connectivity index (χ0) is 17.2. The molecule has 3 nitrogen and oxygen atoms in total. The third-order valence-corrected chi connectivity index (χ3v) is 4.37. The summed E-state index contributed by atoms with van der Waals surface area (Å²) in [5.41, 5.74) is 2.17. The average Bonchev–Trinajstić information content (AvgIpc) is 2.59. The minimum Gasteiger partial charge on any atom is -0.489 e. The molecule has 2 N–H and O–H groups in total. The smallest absolute Gasteiger partial charge is 0.120 e. The van der Waals surface area contributed by atoms with E-state index in [-0.39, 0.29) is 6.61 Å². The van der Waals surface area contributed by atoms with Crippen molar-refractivity contribution in [3.8, 4) is 5.75 Å². The lowest BCUT2D eigenvalue weighted by Gasteiger charge is -2.10. The summed E-state index contributed by atoms with van der Waals surface area (Å²) < 4.78 is 5.83. The molecule has 2 aromatic rings. The van der Waals surface area contributed by atoms with Gasteiger partial charge in [-0.05, 0) is 61.2 Å². The lowest BCUT2D eigenvalue weighted by atomic mass is 10.2. The molecule has 0 amide bonds. The highest BCUT2D eigenvalue weighted by atomic mass is 35.5. The Morgan fingerprint density at radius 3 is 2.58 bits per heavy atom. The van der Waals surface area contributed by atoms with E-state index >= 15 is 0 Å². The van der Waals surface area contributed by atoms with Crippen molar-refractivity contribution in [2.45, 2.75) is 32.4 Å². The summed E-state index contributed by atoms with van der Waals surface area (Å²) in [4.78, 5) is 0. The summed E-state index contributed by atoms with van der Waals surface area (Å²) in [5, 5.41) is 13.2. The summed E-state index contributed by atoms with van der Waals surface area (Å²) in [5.74, 6) is 0.834. The first-order valence-corrected chi connectivity index (χ1v) is 8.92. The second kappa shape index (κ2) is 10.6. The number of hydrogen-bond donors (Lipinski definition) is 2. The van der Waals surface area contributed by atoms with Crippen LogP contribution >= 0.6 is 23.2 Å². The van der Waals surface area contributed by atoms with Crippen molar-refractivity contribution >= 4 is 23.2 Å². The van der Waals surface area contributed by atoms with Crippen LogP contribution in [0.2, 0.25) is 10.0 Å². The molecule has 0 heterocycles. The molecule has 0 aliphatic heterocycles. The van der Waals surface area contributed by atoms with Crippen molar-refractivity contribution in [3.05, 3.63) is 63.6 Å². The molecule has 5 heteroatoms. The Morgan fingerprint density at radius 2 is 1.79 bits per heavy atom. The van der Waals surface area contributed by atoms with Crippen LogP contribution < -0.4 is 10.1 Å². The molecule has 24 heavy (non-hydrogen) atoms. The molecule has 0 aromatic heterocycles. The highest BCUT2D eigenvalue weighted by molar-refractivity contribution is 6.42. The van der Waals surface area contributed by atoms with Gasteiger partial charge in [0.05, 0.1) is 10.0 Å². The van der Waals surface area contributed by atoms with Gasteiger partial charge in [0, 0.05) is 13.2 Å². The zero-order valence-electron chi connectivity index (χ0n) is 13.6. The number of aliphatic hydroxyl groups is 1. The Bertz CT molecular complexity index is 635. The Morgan fingerprint density at radius 1 is 0.917 bits per heavy atom. The van der Waals surface area contributed by atoms with Gasteiger partial charge in [-0.25, -0.2) is 0 Å². The molecule has 0 aliphatic carbocycles. The van der Waals surface area contributed by atoms with Crippen molar-refractivity contribution in [2.75, 3.05) is 13.2 Å². The van der Waals surface area contributed by atoms with Crippen LogP contribution in [0.4, 0.5) is 0 Å². The lowest BCUT2D eigenvalue weighted by Crippen LogP contribution is -2.14. The first kappa shape index (κ1) is 19.1. The van der Waals surface area contributed by atoms with E-state index < -0.39 is 0 Å². The predicted molar refractivity (Wildman–Crippen MR) is 99.9 cm³/mol. The summed E-state index contributed by atoms with van der Waals surface area (Å²) in [6.07, 6.45) is 3.00. The quantitative estimate of drug-likeness (QED) is 0.591. The Hall–Kier alpha value is -1.26. The molecule has 0 aliphatic rings. The van der Waals surface area contributed by atoms with Crippen LogP contribution in [-0.2, 0) is 13.2 Å². The van der Waals surface area contributed by atoms with Gasteiger partial charge in [-0.2, -0.15) is 0 Å². The van der Waals surface area contributed by atoms with Crippen LogP contribution in [0.25, 0.3) is 0 Å². The zero-order valence-corrected chi connectivity index (χ0v) is 15.1. The lowest BCUT2D eigenvalue weighted by molar-refractivity contribution is 0.283. The van der Waals surface area contributed by atoms with E-state index in [2.05, 4.69) is 11.4 Å². The van der Waals surface area contributed by atoms with Gasteiger partial charge in [0.15, 0.2) is 0 Å². The molecular weight excluding hydrogens is 345 g/mol. The molecule has 2 rings (SSSR count). The molecular formula is C19H23Cl2NO2. The monoisotopic (exact) mass is 367 g/mol. The number of benzene rings is 2. The number of nitrogens with one attached hydrogen (secondary N) is 1. The first-order valence-electron chi connectivity index (χ1n) is 8.16. The fraction of sp³-hybridized carbons (Fsp3) is 0.368. The maximum atomic E-state index is 8.74. The normalized spacial score (nSPS) is 10.8. The van der Waals surface area contributed by atoms with Gasteiger partial charge in [-0.1, -0.05) is 41.4 Å². The molecule has 130 valence electrons.